The van der Waals surface area contributed by atoms with E-state index in [0.717, 1.165) is 17.8 Å². The molecule has 0 radical (unpaired) electrons. The maximum Gasteiger partial charge on any atom is -0.0135 e. The fraction of sp³-hybridized carbons (Fsp3) is 0.800. The lowest BCUT2D eigenvalue weighted by Crippen LogP contribution is -2.41. The number of rotatable bonds is 2. The molecular weight excluding hydrogens is 120 g/mol. The van der Waals surface area contributed by atoms with E-state index in [1.54, 1.807) is 5.57 Å². The van der Waals surface area contributed by atoms with Gasteiger partial charge < -0.3 is 0 Å². The fourth-order valence-electron chi connectivity index (χ4n) is 2.40. The quantitative estimate of drug-likeness (QED) is 0.512. The second-order valence-electron chi connectivity index (χ2n) is 3.89. The molecule has 1 fully saturated rings. The summed E-state index contributed by atoms with van der Waals surface area (Å²) in [5.41, 5.74) is 1.77. The van der Waals surface area contributed by atoms with Crippen molar-refractivity contribution in [1.29, 1.82) is 0 Å². The van der Waals surface area contributed by atoms with Crippen LogP contribution in [-0.2, 0) is 0 Å². The molecule has 10 heavy (non-hydrogen) atoms. The normalized spacial score (nSPS) is 43.0. The number of fused-ring (bicyclic) bond motifs is 1. The smallest absolute Gasteiger partial charge is 0.0135 e. The van der Waals surface area contributed by atoms with Crippen molar-refractivity contribution in [3.8, 4) is 0 Å². The van der Waals surface area contributed by atoms with Gasteiger partial charge >= 0.3 is 0 Å². The molecule has 0 aromatic rings. The second kappa shape index (κ2) is 2.11. The molecule has 0 nitrogen and oxygen atoms in total. The topological polar surface area (TPSA) is 0 Å². The molecule has 0 heteroatoms. The van der Waals surface area contributed by atoms with Crippen molar-refractivity contribution in [2.45, 2.75) is 33.1 Å². The number of hydrogen-bond donors (Lipinski definition) is 0. The Labute approximate surface area is 63.3 Å². The first-order valence-electron chi connectivity index (χ1n) is 4.53. The molecule has 0 bridgehead atoms. The lowest BCUT2D eigenvalue weighted by molar-refractivity contribution is 0.123. The third-order valence-electron chi connectivity index (χ3n) is 3.17. The van der Waals surface area contributed by atoms with E-state index in [-0.39, 0.29) is 0 Å². The minimum Gasteiger partial charge on any atom is -0.0810 e. The molecular formula is C10H16. The van der Waals surface area contributed by atoms with Crippen LogP contribution in [0.2, 0.25) is 0 Å². The van der Waals surface area contributed by atoms with Crippen LogP contribution in [0.25, 0.3) is 0 Å². The van der Waals surface area contributed by atoms with Crippen LogP contribution in [-0.4, -0.2) is 0 Å². The first-order valence-corrected chi connectivity index (χ1v) is 4.53. The van der Waals surface area contributed by atoms with Gasteiger partial charge in [-0.2, -0.15) is 0 Å². The van der Waals surface area contributed by atoms with Gasteiger partial charge in [-0.1, -0.05) is 31.9 Å². The Morgan fingerprint density at radius 3 is 2.80 bits per heavy atom. The van der Waals surface area contributed by atoms with E-state index >= 15 is 0 Å². The first-order chi connectivity index (χ1) is 4.83. The van der Waals surface area contributed by atoms with Crippen molar-refractivity contribution in [3.05, 3.63) is 11.6 Å². The molecule has 56 valence electrons. The van der Waals surface area contributed by atoms with Gasteiger partial charge in [-0.05, 0) is 30.6 Å². The lowest BCUT2D eigenvalue weighted by Gasteiger charge is -2.50. The van der Waals surface area contributed by atoms with Gasteiger partial charge in [0.05, 0.1) is 0 Å². The van der Waals surface area contributed by atoms with E-state index in [1.165, 1.54) is 19.3 Å². The third kappa shape index (κ3) is 0.680. The van der Waals surface area contributed by atoms with Crippen molar-refractivity contribution >= 4 is 0 Å². The highest BCUT2D eigenvalue weighted by atomic mass is 14.5. The van der Waals surface area contributed by atoms with Gasteiger partial charge in [-0.15, -0.1) is 0 Å². The highest BCUT2D eigenvalue weighted by molar-refractivity contribution is 5.28. The number of hydrogen-bond acceptors (Lipinski definition) is 0. The van der Waals surface area contributed by atoms with Crippen LogP contribution >= 0.6 is 0 Å². The van der Waals surface area contributed by atoms with Gasteiger partial charge in [0.15, 0.2) is 0 Å². The average molecular weight is 136 g/mol. The number of allylic oxidation sites excluding steroid dienone is 2. The van der Waals surface area contributed by atoms with Crippen LogP contribution in [0.5, 0.6) is 0 Å². The van der Waals surface area contributed by atoms with Crippen LogP contribution in [0, 0.1) is 17.8 Å². The SMILES string of the molecule is CCCC1=CC2C(C)CC12. The summed E-state index contributed by atoms with van der Waals surface area (Å²) in [5.74, 6) is 3.04. The Bertz CT molecular complexity index is 167. The minimum atomic E-state index is 1.00. The maximum absolute atomic E-state index is 2.52. The van der Waals surface area contributed by atoms with Crippen molar-refractivity contribution < 1.29 is 0 Å². The molecule has 2 aliphatic rings. The van der Waals surface area contributed by atoms with Crippen LogP contribution in [0.1, 0.15) is 33.1 Å². The maximum atomic E-state index is 2.52. The van der Waals surface area contributed by atoms with Gasteiger partial charge in [-0.25, -0.2) is 0 Å². The van der Waals surface area contributed by atoms with Crippen LogP contribution < -0.4 is 0 Å². The summed E-state index contributed by atoms with van der Waals surface area (Å²) in [7, 11) is 0. The Balaban J connectivity index is 1.93. The van der Waals surface area contributed by atoms with Crippen molar-refractivity contribution in [3.63, 3.8) is 0 Å². The summed E-state index contributed by atoms with van der Waals surface area (Å²) in [6, 6.07) is 0. The van der Waals surface area contributed by atoms with Gasteiger partial charge in [0.25, 0.3) is 0 Å². The standard InChI is InChI=1S/C10H16/c1-3-4-8-6-9-7(2)5-10(8)9/h6-7,9-10H,3-5H2,1-2H3. The summed E-state index contributed by atoms with van der Waals surface area (Å²) in [6.07, 6.45) is 6.70. The molecule has 0 aromatic heterocycles. The van der Waals surface area contributed by atoms with E-state index in [1.807, 2.05) is 0 Å². The minimum absolute atomic E-state index is 1.00. The molecule has 3 unspecified atom stereocenters. The zero-order chi connectivity index (χ0) is 7.14. The van der Waals surface area contributed by atoms with Gasteiger partial charge in [-0.3, -0.25) is 0 Å². The van der Waals surface area contributed by atoms with E-state index in [9.17, 15) is 0 Å². The van der Waals surface area contributed by atoms with Crippen molar-refractivity contribution in [1.82, 2.24) is 0 Å². The van der Waals surface area contributed by atoms with Crippen LogP contribution in [0.15, 0.2) is 11.6 Å². The third-order valence-corrected chi connectivity index (χ3v) is 3.17. The molecule has 0 saturated heterocycles. The lowest BCUT2D eigenvalue weighted by atomic mass is 9.54. The van der Waals surface area contributed by atoms with E-state index in [4.69, 9.17) is 0 Å². The zero-order valence-electron chi connectivity index (χ0n) is 6.93. The fourth-order valence-corrected chi connectivity index (χ4v) is 2.40. The molecule has 0 aliphatic heterocycles. The van der Waals surface area contributed by atoms with Gasteiger partial charge in [0.2, 0.25) is 0 Å². The molecule has 0 spiro atoms. The van der Waals surface area contributed by atoms with Crippen LogP contribution in [0.4, 0.5) is 0 Å². The monoisotopic (exact) mass is 136 g/mol. The largest absolute Gasteiger partial charge is 0.0810 e. The van der Waals surface area contributed by atoms with Crippen molar-refractivity contribution in [2.24, 2.45) is 17.8 Å². The summed E-state index contributed by atoms with van der Waals surface area (Å²) in [5, 5.41) is 0. The van der Waals surface area contributed by atoms with E-state index in [2.05, 4.69) is 19.9 Å². The summed E-state index contributed by atoms with van der Waals surface area (Å²) in [4.78, 5) is 0. The summed E-state index contributed by atoms with van der Waals surface area (Å²) < 4.78 is 0. The van der Waals surface area contributed by atoms with Gasteiger partial charge in [0, 0.05) is 0 Å². The molecule has 0 amide bonds. The average Bonchev–Trinajstić information content (AvgIpc) is 1.92. The predicted molar refractivity (Wildman–Crippen MR) is 43.8 cm³/mol. The summed E-state index contributed by atoms with van der Waals surface area (Å²) >= 11 is 0. The van der Waals surface area contributed by atoms with Crippen molar-refractivity contribution in [2.75, 3.05) is 0 Å². The van der Waals surface area contributed by atoms with Gasteiger partial charge in [0.1, 0.15) is 0 Å². The Morgan fingerprint density at radius 1 is 1.60 bits per heavy atom. The molecule has 2 aliphatic carbocycles. The molecule has 0 aromatic carbocycles. The Kier molecular flexibility index (Phi) is 1.36. The molecule has 1 saturated carbocycles. The molecule has 0 heterocycles. The predicted octanol–water partition coefficient (Wildman–Crippen LogP) is 3.00. The van der Waals surface area contributed by atoms with E-state index < -0.39 is 0 Å². The Hall–Kier alpha value is -0.260. The second-order valence-corrected chi connectivity index (χ2v) is 3.89. The first kappa shape index (κ1) is 6.45. The molecule has 3 atom stereocenters. The highest BCUT2D eigenvalue weighted by Crippen LogP contribution is 2.54. The molecule has 2 rings (SSSR count). The van der Waals surface area contributed by atoms with Crippen LogP contribution in [0.3, 0.4) is 0 Å². The Morgan fingerprint density at radius 2 is 2.40 bits per heavy atom. The zero-order valence-corrected chi connectivity index (χ0v) is 6.93. The van der Waals surface area contributed by atoms with E-state index in [0.29, 0.717) is 0 Å². The summed E-state index contributed by atoms with van der Waals surface area (Å²) in [6.45, 7) is 4.65. The highest BCUT2D eigenvalue weighted by Gasteiger charge is 2.44. The molecule has 0 N–H and O–H groups in total.